The third kappa shape index (κ3) is 2.06. The zero-order chi connectivity index (χ0) is 16.8. The first-order valence-corrected chi connectivity index (χ1v) is 7.38. The van der Waals surface area contributed by atoms with Gasteiger partial charge in [0.15, 0.2) is 0 Å². The maximum atomic E-state index is 12.6. The minimum atomic E-state index is -0.685. The van der Waals surface area contributed by atoms with Gasteiger partial charge in [0.2, 0.25) is 5.52 Å². The average Bonchev–Trinajstić information content (AvgIpc) is 2.60. The molecule has 0 saturated carbocycles. The lowest BCUT2D eigenvalue weighted by Gasteiger charge is -2.09. The maximum absolute atomic E-state index is 12.6. The molecule has 2 heterocycles. The van der Waals surface area contributed by atoms with Gasteiger partial charge in [0, 0.05) is 16.7 Å². The van der Waals surface area contributed by atoms with Crippen molar-refractivity contribution in [3.05, 3.63) is 74.3 Å². The molecule has 7 nitrogen and oxygen atoms in total. The third-order valence-electron chi connectivity index (χ3n) is 3.71. The van der Waals surface area contributed by atoms with Gasteiger partial charge >= 0.3 is 16.7 Å². The Bertz CT molecular complexity index is 1160. The van der Waals surface area contributed by atoms with E-state index in [9.17, 15) is 15.2 Å². The number of hydrogen-bond acceptors (Lipinski definition) is 4. The van der Waals surface area contributed by atoms with E-state index in [1.807, 2.05) is 0 Å². The lowest BCUT2D eigenvalue weighted by Crippen LogP contribution is -2.43. The molecule has 118 valence electrons. The van der Waals surface area contributed by atoms with Crippen molar-refractivity contribution in [2.24, 2.45) is 0 Å². The fourth-order valence-corrected chi connectivity index (χ4v) is 2.69. The number of nitrogens with zero attached hydrogens (tertiary/aromatic N) is 3. The molecule has 8 heteroatoms. The molecule has 4 rings (SSSR count). The summed E-state index contributed by atoms with van der Waals surface area (Å²) in [4.78, 5) is 19.1. The number of fused-ring (bicyclic) bond motifs is 2. The van der Waals surface area contributed by atoms with Crippen LogP contribution in [0.2, 0.25) is 5.02 Å². The first-order chi connectivity index (χ1) is 11.6. The number of aromatic amines is 1. The Kier molecular flexibility index (Phi) is 3.10. The van der Waals surface area contributed by atoms with Gasteiger partial charge < -0.3 is 10.4 Å². The number of aromatic nitrogens is 4. The Hall–Kier alpha value is -3.19. The normalized spacial score (nSPS) is 11.2. The molecule has 0 atom stereocenters. The second-order valence-electron chi connectivity index (χ2n) is 5.17. The summed E-state index contributed by atoms with van der Waals surface area (Å²) >= 11 is 5.85. The second kappa shape index (κ2) is 5.17. The summed E-state index contributed by atoms with van der Waals surface area (Å²) in [5.41, 5.74) is -0.440. The number of hydrogen-bond donors (Lipinski definition) is 1. The standard InChI is InChI=1S/C16H9ClN4O3/c17-10-7-5-9(6-8-10)14-18-15-13(16(22)19-14)20(23)11-3-1-2-4-12(11)21(15)24/h1-8H,(H,18,19,22). The van der Waals surface area contributed by atoms with E-state index in [0.717, 1.165) is 0 Å². The van der Waals surface area contributed by atoms with Gasteiger partial charge in [0.25, 0.3) is 11.3 Å². The van der Waals surface area contributed by atoms with Crippen LogP contribution in [0.4, 0.5) is 0 Å². The first-order valence-electron chi connectivity index (χ1n) is 7.00. The van der Waals surface area contributed by atoms with E-state index in [1.165, 1.54) is 12.1 Å². The lowest BCUT2D eigenvalue weighted by atomic mass is 10.2. The highest BCUT2D eigenvalue weighted by molar-refractivity contribution is 6.30. The first kappa shape index (κ1) is 14.4. The summed E-state index contributed by atoms with van der Waals surface area (Å²) in [6.45, 7) is 0. The van der Waals surface area contributed by atoms with Gasteiger partial charge in [-0.05, 0) is 35.3 Å². The fraction of sp³-hybridized carbons (Fsp3) is 0. The summed E-state index contributed by atoms with van der Waals surface area (Å²) in [5, 5.41) is 25.5. The van der Waals surface area contributed by atoms with E-state index in [1.54, 1.807) is 36.4 Å². The van der Waals surface area contributed by atoms with Gasteiger partial charge in [-0.3, -0.25) is 9.78 Å². The Morgan fingerprint density at radius 2 is 1.58 bits per heavy atom. The lowest BCUT2D eigenvalue weighted by molar-refractivity contribution is -0.593. The molecule has 0 radical (unpaired) electrons. The number of H-pyrrole nitrogens is 1. The second-order valence-corrected chi connectivity index (χ2v) is 5.61. The molecular formula is C16H9ClN4O3. The summed E-state index contributed by atoms with van der Waals surface area (Å²) in [6, 6.07) is 12.8. The maximum Gasteiger partial charge on any atom is 0.409 e. The number of halogens is 1. The molecule has 0 unspecified atom stereocenters. The van der Waals surface area contributed by atoms with Crippen LogP contribution in [-0.2, 0) is 0 Å². The minimum absolute atomic E-state index is 0.103. The summed E-state index contributed by atoms with van der Waals surface area (Å²) in [5.74, 6) is 0.184. The SMILES string of the molecule is O=c1[nH]c(-c2ccc(Cl)cc2)nc2c1[n+]([O-])c1ccccc1[n+]2[O-]. The molecule has 2 aromatic carbocycles. The molecule has 0 aliphatic carbocycles. The van der Waals surface area contributed by atoms with Crippen LogP contribution in [-0.4, -0.2) is 9.97 Å². The van der Waals surface area contributed by atoms with E-state index < -0.39 is 5.56 Å². The van der Waals surface area contributed by atoms with Crippen molar-refractivity contribution >= 4 is 33.8 Å². The molecular weight excluding hydrogens is 332 g/mol. The molecule has 0 saturated heterocycles. The van der Waals surface area contributed by atoms with Gasteiger partial charge in [-0.15, -0.1) is 4.73 Å². The fourth-order valence-electron chi connectivity index (χ4n) is 2.57. The quantitative estimate of drug-likeness (QED) is 0.323. The van der Waals surface area contributed by atoms with Gasteiger partial charge in [-0.1, -0.05) is 23.7 Å². The third-order valence-corrected chi connectivity index (χ3v) is 3.96. The monoisotopic (exact) mass is 340 g/mol. The van der Waals surface area contributed by atoms with Crippen molar-refractivity contribution in [2.75, 3.05) is 0 Å². The molecule has 0 spiro atoms. The minimum Gasteiger partial charge on any atom is -0.710 e. The van der Waals surface area contributed by atoms with Gasteiger partial charge in [0.1, 0.15) is 0 Å². The largest absolute Gasteiger partial charge is 0.710 e. The van der Waals surface area contributed by atoms with Crippen LogP contribution >= 0.6 is 11.6 Å². The van der Waals surface area contributed by atoms with Crippen molar-refractivity contribution in [1.29, 1.82) is 0 Å². The molecule has 0 aliphatic heterocycles. The Morgan fingerprint density at radius 3 is 2.25 bits per heavy atom. The van der Waals surface area contributed by atoms with Crippen LogP contribution in [0.3, 0.4) is 0 Å². The highest BCUT2D eigenvalue weighted by atomic mass is 35.5. The van der Waals surface area contributed by atoms with E-state index >= 15 is 0 Å². The molecule has 2 aromatic heterocycles. The predicted octanol–water partition coefficient (Wildman–Crippen LogP) is 1.66. The van der Waals surface area contributed by atoms with Crippen LogP contribution in [0.5, 0.6) is 0 Å². The summed E-state index contributed by atoms with van der Waals surface area (Å²) < 4.78 is 0.921. The van der Waals surface area contributed by atoms with Crippen LogP contribution in [0.25, 0.3) is 33.6 Å². The highest BCUT2D eigenvalue weighted by Crippen LogP contribution is 2.18. The van der Waals surface area contributed by atoms with Gasteiger partial charge in [0.05, 0.1) is 0 Å². The Morgan fingerprint density at radius 1 is 0.958 bits per heavy atom. The topological polar surface area (TPSA) is 99.6 Å². The van der Waals surface area contributed by atoms with Crippen LogP contribution < -0.4 is 15.0 Å². The van der Waals surface area contributed by atoms with Gasteiger partial charge in [-0.25, -0.2) is 4.73 Å². The number of para-hydroxylation sites is 2. The predicted molar refractivity (Wildman–Crippen MR) is 88.2 cm³/mol. The van der Waals surface area contributed by atoms with Crippen molar-refractivity contribution in [3.8, 4) is 11.4 Å². The van der Waals surface area contributed by atoms with E-state index in [2.05, 4.69) is 9.97 Å². The zero-order valence-corrected chi connectivity index (χ0v) is 12.8. The van der Waals surface area contributed by atoms with Crippen molar-refractivity contribution in [2.45, 2.75) is 0 Å². The van der Waals surface area contributed by atoms with Crippen molar-refractivity contribution < 1.29 is 9.46 Å². The number of benzene rings is 2. The van der Waals surface area contributed by atoms with Crippen molar-refractivity contribution in [1.82, 2.24) is 9.97 Å². The molecule has 0 amide bonds. The molecule has 24 heavy (non-hydrogen) atoms. The molecule has 1 N–H and O–H groups in total. The van der Waals surface area contributed by atoms with Crippen molar-refractivity contribution in [3.63, 3.8) is 0 Å². The summed E-state index contributed by atoms with van der Waals surface area (Å²) in [6.07, 6.45) is 0. The van der Waals surface area contributed by atoms with E-state index in [4.69, 9.17) is 11.6 Å². The number of rotatable bonds is 1. The average molecular weight is 341 g/mol. The summed E-state index contributed by atoms with van der Waals surface area (Å²) in [7, 11) is 0. The van der Waals surface area contributed by atoms with Crippen LogP contribution in [0.15, 0.2) is 53.3 Å². The van der Waals surface area contributed by atoms with Crippen LogP contribution in [0, 0.1) is 10.4 Å². The van der Waals surface area contributed by atoms with E-state index in [-0.39, 0.29) is 28.0 Å². The molecule has 4 aromatic rings. The van der Waals surface area contributed by atoms with E-state index in [0.29, 0.717) is 20.0 Å². The zero-order valence-electron chi connectivity index (χ0n) is 12.1. The molecule has 0 aliphatic rings. The van der Waals surface area contributed by atoms with Gasteiger partial charge in [-0.2, -0.15) is 0 Å². The molecule has 0 bridgehead atoms. The smallest absolute Gasteiger partial charge is 0.409 e. The molecule has 0 fully saturated rings. The Balaban J connectivity index is 2.12. The van der Waals surface area contributed by atoms with Crippen LogP contribution in [0.1, 0.15) is 0 Å². The number of nitrogens with one attached hydrogen (secondary N) is 1. The Labute approximate surface area is 139 Å². The highest BCUT2D eigenvalue weighted by Gasteiger charge is 2.26.